The van der Waals surface area contributed by atoms with Crippen molar-refractivity contribution in [2.24, 2.45) is 0 Å². The van der Waals surface area contributed by atoms with E-state index in [1.165, 1.54) is 25.3 Å². The number of nitrogens with one attached hydrogen (secondary N) is 1. The highest BCUT2D eigenvalue weighted by Gasteiger charge is 2.44. The van der Waals surface area contributed by atoms with Gasteiger partial charge in [-0.05, 0) is 31.4 Å². The fourth-order valence-electron chi connectivity index (χ4n) is 4.31. The predicted molar refractivity (Wildman–Crippen MR) is 143 cm³/mol. The number of ether oxygens (including phenoxy) is 2. The van der Waals surface area contributed by atoms with Crippen molar-refractivity contribution in [1.29, 1.82) is 0 Å². The van der Waals surface area contributed by atoms with Gasteiger partial charge in [-0.3, -0.25) is 10.1 Å². The van der Waals surface area contributed by atoms with Gasteiger partial charge in [0, 0.05) is 29.3 Å². The van der Waals surface area contributed by atoms with Gasteiger partial charge in [-0.1, -0.05) is 42.5 Å². The molecule has 3 rings (SSSR count). The Hall–Kier alpha value is -3.24. The number of hydrogen-bond acceptors (Lipinski definition) is 9. The fourth-order valence-corrected chi connectivity index (χ4v) is 4.94. The van der Waals surface area contributed by atoms with Gasteiger partial charge in [-0.15, -0.1) is 0 Å². The molecule has 0 amide bonds. The topological polar surface area (TPSA) is 108 Å². The molecule has 2 aromatic carbocycles. The van der Waals surface area contributed by atoms with Gasteiger partial charge >= 0.3 is 11.9 Å². The largest absolute Gasteiger partial charge is 0.466 e. The normalized spacial score (nSPS) is 17.2. The van der Waals surface area contributed by atoms with E-state index in [2.05, 4.69) is 17.9 Å². The van der Waals surface area contributed by atoms with Crippen LogP contribution in [0, 0.1) is 10.1 Å². The molecule has 0 spiro atoms. The lowest BCUT2D eigenvalue weighted by atomic mass is 9.77. The average Bonchev–Trinajstić information content (AvgIpc) is 2.88. The molecule has 36 heavy (non-hydrogen) atoms. The number of esters is 2. The number of thiol groups is 2. The number of nitrogens with zero attached hydrogens (tertiary/aromatic N) is 1. The average molecular weight is 529 g/mol. The molecule has 2 atom stereocenters. The summed E-state index contributed by atoms with van der Waals surface area (Å²) in [6.45, 7) is 3.45. The Bertz CT molecular complexity index is 1230. The van der Waals surface area contributed by atoms with Crippen molar-refractivity contribution < 1.29 is 24.0 Å². The lowest BCUT2D eigenvalue weighted by Crippen LogP contribution is -2.44. The minimum Gasteiger partial charge on any atom is -0.466 e. The molecule has 10 heteroatoms. The molecule has 1 aliphatic rings. The van der Waals surface area contributed by atoms with E-state index in [9.17, 15) is 19.7 Å². The van der Waals surface area contributed by atoms with E-state index in [0.717, 1.165) is 5.56 Å². The number of carbonyl (C=O) groups is 2. The van der Waals surface area contributed by atoms with Crippen LogP contribution >= 0.6 is 25.3 Å². The number of methoxy groups -OCH3 is 1. The molecule has 190 valence electrons. The Morgan fingerprint density at radius 3 is 2.39 bits per heavy atom. The summed E-state index contributed by atoms with van der Waals surface area (Å²) < 4.78 is 9.49. The second kappa shape index (κ2) is 11.7. The van der Waals surface area contributed by atoms with Gasteiger partial charge in [0.2, 0.25) is 0 Å². The molecule has 0 saturated heterocycles. The maximum absolute atomic E-state index is 13.5. The number of allylic oxidation sites excluding steroid dienone is 1. The summed E-state index contributed by atoms with van der Waals surface area (Å²) in [4.78, 5) is 37.5. The highest BCUT2D eigenvalue weighted by atomic mass is 32.1. The summed E-state index contributed by atoms with van der Waals surface area (Å²) >= 11 is 9.57. The standard InChI is InChI=1S/C26H28N2O6S2/c1-4-34-25(30)22-21(18-11-8-12-19(13-18)28(31)32)20(24(29)33-3)16(2)27-23(22)26(36,15-35)14-17-9-6-5-7-10-17/h5-13,21,27,35-36H,4,14-15H2,1-3H3. The smallest absolute Gasteiger partial charge is 0.336 e. The first kappa shape index (κ1) is 27.3. The van der Waals surface area contributed by atoms with Gasteiger partial charge in [0.15, 0.2) is 0 Å². The monoisotopic (exact) mass is 528 g/mol. The molecular formula is C26H28N2O6S2. The maximum Gasteiger partial charge on any atom is 0.336 e. The molecule has 0 bridgehead atoms. The Kier molecular flexibility index (Phi) is 8.86. The summed E-state index contributed by atoms with van der Waals surface area (Å²) in [6.07, 6.45) is 0.411. The molecule has 1 heterocycles. The van der Waals surface area contributed by atoms with Crippen LogP contribution in [0.15, 0.2) is 77.1 Å². The number of nitro benzene ring substituents is 1. The van der Waals surface area contributed by atoms with Crippen LogP contribution in [0.3, 0.4) is 0 Å². The quantitative estimate of drug-likeness (QED) is 0.192. The van der Waals surface area contributed by atoms with Crippen LogP contribution in [0.4, 0.5) is 5.69 Å². The summed E-state index contributed by atoms with van der Waals surface area (Å²) in [7, 11) is 1.24. The first-order valence-corrected chi connectivity index (χ1v) is 12.3. The molecule has 0 saturated carbocycles. The van der Waals surface area contributed by atoms with Crippen molar-refractivity contribution in [1.82, 2.24) is 5.32 Å². The van der Waals surface area contributed by atoms with Crippen molar-refractivity contribution in [3.63, 3.8) is 0 Å². The SMILES string of the molecule is CCOC(=O)C1=C(C(S)(CS)Cc2ccccc2)NC(C)=C(C(=O)OC)C1c1cccc([N+](=O)[O-])c1. The van der Waals surface area contributed by atoms with Gasteiger partial charge in [0.1, 0.15) is 0 Å². The predicted octanol–water partition coefficient (Wildman–Crippen LogP) is 4.39. The fraction of sp³-hybridized carbons (Fsp3) is 0.308. The zero-order valence-corrected chi connectivity index (χ0v) is 22.0. The number of nitro groups is 1. The number of non-ortho nitro benzene ring substituents is 1. The zero-order chi connectivity index (χ0) is 26.5. The number of hydrogen-bond donors (Lipinski definition) is 3. The van der Waals surface area contributed by atoms with Crippen molar-refractivity contribution in [3.05, 3.63) is 98.4 Å². The molecule has 2 aromatic rings. The maximum atomic E-state index is 13.5. The minimum atomic E-state index is -0.991. The summed E-state index contributed by atoms with van der Waals surface area (Å²) in [6, 6.07) is 15.5. The Morgan fingerprint density at radius 2 is 1.81 bits per heavy atom. The Labute approximate surface area is 220 Å². The van der Waals surface area contributed by atoms with Crippen LogP contribution in [0.2, 0.25) is 0 Å². The summed E-state index contributed by atoms with van der Waals surface area (Å²) in [5.41, 5.74) is 2.31. The van der Waals surface area contributed by atoms with Crippen molar-refractivity contribution in [3.8, 4) is 0 Å². The highest BCUT2D eigenvalue weighted by molar-refractivity contribution is 7.85. The van der Waals surface area contributed by atoms with Gasteiger partial charge < -0.3 is 14.8 Å². The van der Waals surface area contributed by atoms with Gasteiger partial charge in [0.05, 0.1) is 40.5 Å². The molecule has 0 fully saturated rings. The minimum absolute atomic E-state index is 0.0899. The first-order chi connectivity index (χ1) is 17.2. The van der Waals surface area contributed by atoms with Gasteiger partial charge in [-0.2, -0.15) is 25.3 Å². The molecule has 0 aromatic heterocycles. The van der Waals surface area contributed by atoms with Crippen LogP contribution < -0.4 is 5.32 Å². The molecule has 1 N–H and O–H groups in total. The van der Waals surface area contributed by atoms with E-state index in [1.54, 1.807) is 19.9 Å². The highest BCUT2D eigenvalue weighted by Crippen LogP contribution is 2.44. The van der Waals surface area contributed by atoms with E-state index in [1.807, 2.05) is 30.3 Å². The van der Waals surface area contributed by atoms with Crippen LogP contribution in [0.25, 0.3) is 0 Å². The molecule has 0 aliphatic carbocycles. The number of carbonyl (C=O) groups excluding carboxylic acids is 2. The van der Waals surface area contributed by atoms with Crippen molar-refractivity contribution >= 4 is 42.9 Å². The second-order valence-electron chi connectivity index (χ2n) is 8.30. The van der Waals surface area contributed by atoms with E-state index in [0.29, 0.717) is 23.4 Å². The van der Waals surface area contributed by atoms with E-state index in [-0.39, 0.29) is 29.2 Å². The lowest BCUT2D eigenvalue weighted by molar-refractivity contribution is -0.384. The summed E-state index contributed by atoms with van der Waals surface area (Å²) in [5.74, 6) is -2.09. The number of rotatable bonds is 9. The number of benzene rings is 2. The van der Waals surface area contributed by atoms with Gasteiger partial charge in [0.25, 0.3) is 5.69 Å². The van der Waals surface area contributed by atoms with Crippen molar-refractivity contribution in [2.75, 3.05) is 19.5 Å². The molecule has 1 aliphatic heterocycles. The van der Waals surface area contributed by atoms with E-state index >= 15 is 0 Å². The molecule has 0 radical (unpaired) electrons. The number of dihydropyridines is 1. The van der Waals surface area contributed by atoms with Crippen LogP contribution in [-0.2, 0) is 25.5 Å². The third-order valence-electron chi connectivity index (χ3n) is 5.94. The molecule has 2 unspecified atom stereocenters. The summed E-state index contributed by atoms with van der Waals surface area (Å²) in [5, 5.41) is 14.7. The second-order valence-corrected chi connectivity index (χ2v) is 9.47. The molecular weight excluding hydrogens is 500 g/mol. The van der Waals surface area contributed by atoms with E-state index < -0.39 is 27.5 Å². The van der Waals surface area contributed by atoms with Crippen LogP contribution in [0.1, 0.15) is 30.9 Å². The van der Waals surface area contributed by atoms with Crippen LogP contribution in [0.5, 0.6) is 0 Å². The third-order valence-corrected chi connectivity index (χ3v) is 7.27. The first-order valence-electron chi connectivity index (χ1n) is 11.3. The van der Waals surface area contributed by atoms with Crippen LogP contribution in [-0.4, -0.2) is 41.1 Å². The molecule has 8 nitrogen and oxygen atoms in total. The van der Waals surface area contributed by atoms with Crippen molar-refractivity contribution in [2.45, 2.75) is 30.9 Å². The third kappa shape index (κ3) is 5.60. The lowest BCUT2D eigenvalue weighted by Gasteiger charge is -2.39. The Morgan fingerprint density at radius 1 is 1.11 bits per heavy atom. The zero-order valence-electron chi connectivity index (χ0n) is 20.2. The van der Waals surface area contributed by atoms with E-state index in [4.69, 9.17) is 22.1 Å². The Balaban J connectivity index is 2.33. The van der Waals surface area contributed by atoms with Gasteiger partial charge in [-0.25, -0.2) is 9.59 Å².